The summed E-state index contributed by atoms with van der Waals surface area (Å²) in [5, 5.41) is 0. The van der Waals surface area contributed by atoms with Gasteiger partial charge in [-0.05, 0) is 25.0 Å². The van der Waals surface area contributed by atoms with Crippen LogP contribution in [0.1, 0.15) is 43.1 Å². The summed E-state index contributed by atoms with van der Waals surface area (Å²) in [6.07, 6.45) is -0.767. The summed E-state index contributed by atoms with van der Waals surface area (Å²) in [5.41, 5.74) is 2.60. The monoisotopic (exact) mass is 224 g/mol. The van der Waals surface area contributed by atoms with Gasteiger partial charge < -0.3 is 4.40 Å². The van der Waals surface area contributed by atoms with Crippen LogP contribution in [-0.2, 0) is 0 Å². The van der Waals surface area contributed by atoms with E-state index in [1.54, 1.807) is 6.20 Å². The lowest BCUT2D eigenvalue weighted by molar-refractivity contribution is 0.151. The molecule has 2 aromatic rings. The van der Waals surface area contributed by atoms with Gasteiger partial charge in [0.2, 0.25) is 0 Å². The molecule has 0 N–H and O–H groups in total. The van der Waals surface area contributed by atoms with E-state index in [0.29, 0.717) is 11.6 Å². The molecular weight excluding hydrogens is 210 g/mol. The minimum Gasteiger partial charge on any atom is -0.304 e. The molecule has 2 aromatic heterocycles. The third-order valence-corrected chi connectivity index (χ3v) is 2.67. The third kappa shape index (κ3) is 1.68. The molecule has 2 heterocycles. The van der Waals surface area contributed by atoms with Gasteiger partial charge in [0.05, 0.1) is 5.69 Å². The van der Waals surface area contributed by atoms with Crippen molar-refractivity contribution in [2.45, 2.75) is 33.1 Å². The number of aryl methyl sites for hydroxylation is 1. The number of pyridine rings is 1. The van der Waals surface area contributed by atoms with Crippen LogP contribution < -0.4 is 0 Å². The fourth-order valence-corrected chi connectivity index (χ4v) is 2.03. The lowest BCUT2D eigenvalue weighted by Crippen LogP contribution is -1.97. The summed E-state index contributed by atoms with van der Waals surface area (Å²) >= 11 is 0. The smallest absolute Gasteiger partial charge is 0.264 e. The van der Waals surface area contributed by atoms with Gasteiger partial charge in [-0.1, -0.05) is 13.8 Å². The summed E-state index contributed by atoms with van der Waals surface area (Å²) in [7, 11) is 0. The quantitative estimate of drug-likeness (QED) is 0.760. The van der Waals surface area contributed by atoms with E-state index in [9.17, 15) is 8.78 Å². The minimum absolute atomic E-state index is 0.0211. The summed E-state index contributed by atoms with van der Waals surface area (Å²) in [4.78, 5) is 4.31. The van der Waals surface area contributed by atoms with Gasteiger partial charge in [-0.15, -0.1) is 0 Å². The molecular formula is C12H14F2N2. The zero-order valence-electron chi connectivity index (χ0n) is 9.54. The molecule has 0 saturated carbocycles. The van der Waals surface area contributed by atoms with Crippen LogP contribution in [0.5, 0.6) is 0 Å². The number of rotatable bonds is 2. The summed E-state index contributed by atoms with van der Waals surface area (Å²) < 4.78 is 26.9. The maximum absolute atomic E-state index is 12.5. The fraction of sp³-hybridized carbons (Fsp3) is 0.417. The van der Waals surface area contributed by atoms with Gasteiger partial charge in [0.15, 0.2) is 0 Å². The molecule has 0 bridgehead atoms. The first-order valence-electron chi connectivity index (χ1n) is 5.27. The first-order valence-corrected chi connectivity index (χ1v) is 5.27. The first-order chi connectivity index (χ1) is 7.50. The Morgan fingerprint density at radius 3 is 2.56 bits per heavy atom. The SMILES string of the molecule is Cc1nc2cc(C(F)F)ccn2c1C(C)C. The Balaban J connectivity index is 2.65. The van der Waals surface area contributed by atoms with Gasteiger partial charge in [0.1, 0.15) is 5.65 Å². The maximum Gasteiger partial charge on any atom is 0.264 e. The second kappa shape index (κ2) is 3.85. The van der Waals surface area contributed by atoms with Crippen molar-refractivity contribution in [1.82, 2.24) is 9.38 Å². The molecule has 2 rings (SSSR count). The number of alkyl halides is 2. The normalized spacial score (nSPS) is 11.9. The van der Waals surface area contributed by atoms with Crippen LogP contribution in [0.4, 0.5) is 8.78 Å². The van der Waals surface area contributed by atoms with Crippen LogP contribution in [0.2, 0.25) is 0 Å². The van der Waals surface area contributed by atoms with E-state index in [2.05, 4.69) is 18.8 Å². The van der Waals surface area contributed by atoms with Crippen molar-refractivity contribution >= 4 is 5.65 Å². The van der Waals surface area contributed by atoms with E-state index < -0.39 is 6.43 Å². The van der Waals surface area contributed by atoms with Crippen LogP contribution in [-0.4, -0.2) is 9.38 Å². The van der Waals surface area contributed by atoms with Crippen LogP contribution >= 0.6 is 0 Å². The number of nitrogens with zero attached hydrogens (tertiary/aromatic N) is 2. The van der Waals surface area contributed by atoms with Crippen molar-refractivity contribution in [3.05, 3.63) is 35.3 Å². The predicted octanol–water partition coefficient (Wildman–Crippen LogP) is 3.70. The number of halogens is 2. The molecule has 0 aliphatic rings. The van der Waals surface area contributed by atoms with E-state index in [1.807, 2.05) is 11.3 Å². The highest BCUT2D eigenvalue weighted by molar-refractivity contribution is 5.46. The molecule has 0 aromatic carbocycles. The number of hydrogen-bond donors (Lipinski definition) is 0. The second-order valence-electron chi connectivity index (χ2n) is 4.23. The molecule has 0 aliphatic carbocycles. The van der Waals surface area contributed by atoms with E-state index in [0.717, 1.165) is 11.4 Å². The maximum atomic E-state index is 12.5. The zero-order chi connectivity index (χ0) is 11.9. The Morgan fingerprint density at radius 1 is 1.31 bits per heavy atom. The Kier molecular flexibility index (Phi) is 2.66. The molecule has 2 nitrogen and oxygen atoms in total. The van der Waals surface area contributed by atoms with Crippen LogP contribution in [0.3, 0.4) is 0 Å². The molecule has 0 saturated heterocycles. The Morgan fingerprint density at radius 2 is 2.00 bits per heavy atom. The van der Waals surface area contributed by atoms with Gasteiger partial charge in [0, 0.05) is 17.5 Å². The van der Waals surface area contributed by atoms with Crippen LogP contribution in [0.25, 0.3) is 5.65 Å². The fourth-order valence-electron chi connectivity index (χ4n) is 2.03. The van der Waals surface area contributed by atoms with Crippen LogP contribution in [0.15, 0.2) is 18.3 Å². The predicted molar refractivity (Wildman–Crippen MR) is 59.0 cm³/mol. The van der Waals surface area contributed by atoms with Crippen molar-refractivity contribution in [1.29, 1.82) is 0 Å². The average molecular weight is 224 g/mol. The Bertz CT molecular complexity index is 515. The van der Waals surface area contributed by atoms with Gasteiger partial charge in [-0.25, -0.2) is 13.8 Å². The van der Waals surface area contributed by atoms with E-state index in [1.165, 1.54) is 12.1 Å². The third-order valence-electron chi connectivity index (χ3n) is 2.67. The molecule has 4 heteroatoms. The lowest BCUT2D eigenvalue weighted by atomic mass is 10.1. The molecule has 16 heavy (non-hydrogen) atoms. The van der Waals surface area contributed by atoms with Gasteiger partial charge >= 0.3 is 0 Å². The van der Waals surface area contributed by atoms with Gasteiger partial charge in [0.25, 0.3) is 6.43 Å². The van der Waals surface area contributed by atoms with Gasteiger partial charge in [-0.2, -0.15) is 0 Å². The van der Waals surface area contributed by atoms with Crippen molar-refractivity contribution in [3.63, 3.8) is 0 Å². The van der Waals surface area contributed by atoms with Gasteiger partial charge in [-0.3, -0.25) is 0 Å². The molecule has 0 aliphatic heterocycles. The number of imidazole rings is 1. The van der Waals surface area contributed by atoms with E-state index in [-0.39, 0.29) is 5.56 Å². The molecule has 0 amide bonds. The largest absolute Gasteiger partial charge is 0.304 e. The van der Waals surface area contributed by atoms with Crippen molar-refractivity contribution < 1.29 is 8.78 Å². The topological polar surface area (TPSA) is 17.3 Å². The van der Waals surface area contributed by atoms with E-state index >= 15 is 0 Å². The molecule has 0 radical (unpaired) electrons. The molecule has 0 atom stereocenters. The first kappa shape index (κ1) is 11.0. The zero-order valence-corrected chi connectivity index (χ0v) is 9.54. The average Bonchev–Trinajstić information content (AvgIpc) is 2.51. The lowest BCUT2D eigenvalue weighted by Gasteiger charge is -2.07. The molecule has 86 valence electrons. The van der Waals surface area contributed by atoms with Crippen molar-refractivity contribution in [2.75, 3.05) is 0 Å². The number of hydrogen-bond acceptors (Lipinski definition) is 1. The second-order valence-corrected chi connectivity index (χ2v) is 4.23. The number of aromatic nitrogens is 2. The highest BCUT2D eigenvalue weighted by Gasteiger charge is 2.14. The highest BCUT2D eigenvalue weighted by Crippen LogP contribution is 2.24. The summed E-state index contributed by atoms with van der Waals surface area (Å²) in [6.45, 7) is 6.04. The molecule has 0 fully saturated rings. The Labute approximate surface area is 92.9 Å². The highest BCUT2D eigenvalue weighted by atomic mass is 19.3. The van der Waals surface area contributed by atoms with Crippen molar-refractivity contribution in [3.8, 4) is 0 Å². The van der Waals surface area contributed by atoms with Crippen molar-refractivity contribution in [2.24, 2.45) is 0 Å². The molecule has 0 unspecified atom stereocenters. The molecule has 0 spiro atoms. The van der Waals surface area contributed by atoms with E-state index in [4.69, 9.17) is 0 Å². The Hall–Kier alpha value is -1.45. The number of fused-ring (bicyclic) bond motifs is 1. The minimum atomic E-state index is -2.44. The summed E-state index contributed by atoms with van der Waals surface area (Å²) in [6, 6.07) is 2.90. The van der Waals surface area contributed by atoms with Crippen LogP contribution in [0, 0.1) is 6.92 Å². The summed E-state index contributed by atoms with van der Waals surface area (Å²) in [5.74, 6) is 0.326. The standard InChI is InChI=1S/C12H14F2N2/c1-7(2)11-8(3)15-10-6-9(12(13)14)4-5-16(10)11/h4-7,12H,1-3H3.